The Hall–Kier alpha value is -1.40. The third-order valence-corrected chi connectivity index (χ3v) is 2.00. The van der Waals surface area contributed by atoms with E-state index in [-0.39, 0.29) is 12.3 Å². The maximum absolute atomic E-state index is 11.3. The van der Waals surface area contributed by atoms with Crippen molar-refractivity contribution in [3.63, 3.8) is 0 Å². The fourth-order valence-electron chi connectivity index (χ4n) is 1.28. The van der Waals surface area contributed by atoms with E-state index in [1.807, 2.05) is 0 Å². The van der Waals surface area contributed by atoms with E-state index >= 15 is 0 Å². The highest BCUT2D eigenvalue weighted by molar-refractivity contribution is 5.89. The molecule has 16 heavy (non-hydrogen) atoms. The molecule has 0 aromatic carbocycles. The number of hydrogen-bond acceptors (Lipinski definition) is 5. The van der Waals surface area contributed by atoms with Crippen LogP contribution in [0.15, 0.2) is 11.8 Å². The summed E-state index contributed by atoms with van der Waals surface area (Å²) in [5.41, 5.74) is 0.349. The third-order valence-electron chi connectivity index (χ3n) is 2.00. The average Bonchev–Trinajstić information content (AvgIpc) is 2.28. The van der Waals surface area contributed by atoms with Gasteiger partial charge in [-0.05, 0) is 6.92 Å². The molecule has 0 bridgehead atoms. The predicted molar refractivity (Wildman–Crippen MR) is 53.7 cm³/mol. The molecule has 1 unspecified atom stereocenters. The topological polar surface area (TPSA) is 65.1 Å². The molecule has 0 aromatic heterocycles. The average molecular weight is 229 g/mol. The normalized spacial score (nSPS) is 20.3. The number of nitrogens with zero attached hydrogens (tertiary/aromatic N) is 1. The van der Waals surface area contributed by atoms with Crippen LogP contribution in [0.5, 0.6) is 0 Å². The van der Waals surface area contributed by atoms with Gasteiger partial charge in [-0.2, -0.15) is 5.06 Å². The first-order valence-electron chi connectivity index (χ1n) is 4.95. The van der Waals surface area contributed by atoms with E-state index < -0.39 is 12.3 Å². The van der Waals surface area contributed by atoms with Crippen LogP contribution in [0.3, 0.4) is 0 Å². The van der Waals surface area contributed by atoms with E-state index in [9.17, 15) is 9.59 Å². The van der Waals surface area contributed by atoms with Crippen molar-refractivity contribution in [3.05, 3.63) is 11.8 Å². The summed E-state index contributed by atoms with van der Waals surface area (Å²) in [4.78, 5) is 27.7. The van der Waals surface area contributed by atoms with Crippen LogP contribution in [0.25, 0.3) is 0 Å². The number of carbonyl (C=O) groups is 2. The van der Waals surface area contributed by atoms with Crippen molar-refractivity contribution in [2.45, 2.75) is 26.6 Å². The molecule has 1 aliphatic heterocycles. The standard InChI is InChI=1S/C10H15NO5/c1-4-15-9-5-8(10(13)14-3)6-11(16-9)7(2)12/h6,9H,4-5H2,1-3H3. The Bertz CT molecular complexity index is 312. The molecular weight excluding hydrogens is 214 g/mol. The molecule has 0 fully saturated rings. The number of ether oxygens (including phenoxy) is 2. The number of methoxy groups -OCH3 is 1. The lowest BCUT2D eigenvalue weighted by molar-refractivity contribution is -0.257. The van der Waals surface area contributed by atoms with E-state index in [1.165, 1.54) is 20.2 Å². The first-order valence-corrected chi connectivity index (χ1v) is 4.95. The van der Waals surface area contributed by atoms with Gasteiger partial charge in [0.1, 0.15) is 0 Å². The Kier molecular flexibility index (Phi) is 4.45. The first-order chi connectivity index (χ1) is 7.58. The van der Waals surface area contributed by atoms with Gasteiger partial charge in [0.2, 0.25) is 5.91 Å². The lowest BCUT2D eigenvalue weighted by Crippen LogP contribution is -2.36. The summed E-state index contributed by atoms with van der Waals surface area (Å²) in [7, 11) is 1.28. The first kappa shape index (κ1) is 12.7. The summed E-state index contributed by atoms with van der Waals surface area (Å²) in [5, 5.41) is 0.982. The van der Waals surface area contributed by atoms with E-state index in [2.05, 4.69) is 4.74 Å². The molecule has 1 heterocycles. The molecule has 6 nitrogen and oxygen atoms in total. The summed E-state index contributed by atoms with van der Waals surface area (Å²) in [5.74, 6) is -0.815. The molecule has 0 saturated heterocycles. The number of esters is 1. The summed E-state index contributed by atoms with van der Waals surface area (Å²) < 4.78 is 9.81. The lowest BCUT2D eigenvalue weighted by atomic mass is 10.2. The maximum atomic E-state index is 11.3. The van der Waals surface area contributed by atoms with E-state index in [0.717, 1.165) is 5.06 Å². The van der Waals surface area contributed by atoms with Crippen molar-refractivity contribution in [2.75, 3.05) is 13.7 Å². The molecule has 0 N–H and O–H groups in total. The van der Waals surface area contributed by atoms with Crippen LogP contribution in [0.2, 0.25) is 0 Å². The zero-order valence-corrected chi connectivity index (χ0v) is 9.56. The summed E-state index contributed by atoms with van der Waals surface area (Å²) >= 11 is 0. The molecule has 0 radical (unpaired) electrons. The molecule has 1 amide bonds. The minimum absolute atomic E-state index is 0.268. The van der Waals surface area contributed by atoms with Crippen LogP contribution in [0, 0.1) is 0 Å². The Morgan fingerprint density at radius 1 is 1.62 bits per heavy atom. The highest BCUT2D eigenvalue weighted by atomic mass is 16.8. The van der Waals surface area contributed by atoms with Gasteiger partial charge in [0.15, 0.2) is 6.29 Å². The third kappa shape index (κ3) is 3.04. The van der Waals surface area contributed by atoms with Crippen LogP contribution in [-0.2, 0) is 23.9 Å². The van der Waals surface area contributed by atoms with Gasteiger partial charge in [-0.25, -0.2) is 9.63 Å². The number of carbonyl (C=O) groups excluding carboxylic acids is 2. The van der Waals surface area contributed by atoms with Crippen LogP contribution in [-0.4, -0.2) is 36.9 Å². The van der Waals surface area contributed by atoms with Crippen molar-refractivity contribution >= 4 is 11.9 Å². The van der Waals surface area contributed by atoms with Gasteiger partial charge in [0, 0.05) is 26.2 Å². The monoisotopic (exact) mass is 229 g/mol. The molecule has 1 atom stereocenters. The molecule has 1 rings (SSSR count). The minimum Gasteiger partial charge on any atom is -0.466 e. The van der Waals surface area contributed by atoms with E-state index in [0.29, 0.717) is 12.2 Å². The molecule has 0 spiro atoms. The Balaban J connectivity index is 2.81. The quantitative estimate of drug-likeness (QED) is 0.663. The molecule has 90 valence electrons. The Morgan fingerprint density at radius 3 is 2.81 bits per heavy atom. The maximum Gasteiger partial charge on any atom is 0.335 e. The number of hydrogen-bond donors (Lipinski definition) is 0. The van der Waals surface area contributed by atoms with Gasteiger partial charge >= 0.3 is 5.97 Å². The van der Waals surface area contributed by atoms with Gasteiger partial charge < -0.3 is 9.47 Å². The second kappa shape index (κ2) is 5.62. The lowest BCUT2D eigenvalue weighted by Gasteiger charge is -2.28. The largest absolute Gasteiger partial charge is 0.466 e. The minimum atomic E-state index is -0.631. The smallest absolute Gasteiger partial charge is 0.335 e. The highest BCUT2D eigenvalue weighted by Crippen LogP contribution is 2.20. The van der Waals surface area contributed by atoms with Gasteiger partial charge in [-0.1, -0.05) is 0 Å². The molecule has 0 aliphatic carbocycles. The molecule has 1 aliphatic rings. The molecule has 0 saturated carbocycles. The SMILES string of the molecule is CCOC1CC(C(=O)OC)=CN(C(C)=O)O1. The molecule has 6 heteroatoms. The highest BCUT2D eigenvalue weighted by Gasteiger charge is 2.27. The second-order valence-corrected chi connectivity index (χ2v) is 3.19. The summed E-state index contributed by atoms with van der Waals surface area (Å²) in [6.45, 7) is 3.57. The zero-order valence-electron chi connectivity index (χ0n) is 9.56. The summed E-state index contributed by atoms with van der Waals surface area (Å²) in [6, 6.07) is 0. The Labute approximate surface area is 93.7 Å². The number of hydroxylamine groups is 2. The number of rotatable bonds is 3. The fourth-order valence-corrected chi connectivity index (χ4v) is 1.28. The van der Waals surface area contributed by atoms with Crippen molar-refractivity contribution in [3.8, 4) is 0 Å². The van der Waals surface area contributed by atoms with Gasteiger partial charge in [-0.15, -0.1) is 0 Å². The van der Waals surface area contributed by atoms with Gasteiger partial charge in [0.05, 0.1) is 12.7 Å². The fraction of sp³-hybridized carbons (Fsp3) is 0.600. The van der Waals surface area contributed by atoms with Crippen LogP contribution in [0.4, 0.5) is 0 Å². The van der Waals surface area contributed by atoms with Crippen molar-refractivity contribution in [1.29, 1.82) is 0 Å². The van der Waals surface area contributed by atoms with Crippen LogP contribution < -0.4 is 0 Å². The predicted octanol–water partition coefficient (Wildman–Crippen LogP) is 0.590. The van der Waals surface area contributed by atoms with Crippen molar-refractivity contribution in [1.82, 2.24) is 5.06 Å². The van der Waals surface area contributed by atoms with E-state index in [4.69, 9.17) is 9.57 Å². The summed E-state index contributed by atoms with van der Waals surface area (Å²) in [6.07, 6.45) is 0.960. The second-order valence-electron chi connectivity index (χ2n) is 3.19. The van der Waals surface area contributed by atoms with E-state index in [1.54, 1.807) is 6.92 Å². The van der Waals surface area contributed by atoms with Gasteiger partial charge in [0.25, 0.3) is 0 Å². The van der Waals surface area contributed by atoms with Crippen molar-refractivity contribution < 1.29 is 23.9 Å². The van der Waals surface area contributed by atoms with Crippen LogP contribution in [0.1, 0.15) is 20.3 Å². The zero-order chi connectivity index (χ0) is 12.1. The number of amides is 1. The van der Waals surface area contributed by atoms with Crippen molar-refractivity contribution in [2.24, 2.45) is 0 Å². The molecule has 0 aromatic rings. The Morgan fingerprint density at radius 2 is 2.31 bits per heavy atom. The van der Waals surface area contributed by atoms with Gasteiger partial charge in [-0.3, -0.25) is 4.79 Å². The molecular formula is C10H15NO5. The van der Waals surface area contributed by atoms with Crippen LogP contribution >= 0.6 is 0 Å².